The first-order chi connectivity index (χ1) is 11.7. The lowest BCUT2D eigenvalue weighted by atomic mass is 9.78. The van der Waals surface area contributed by atoms with Crippen LogP contribution in [0.15, 0.2) is 18.2 Å². The van der Waals surface area contributed by atoms with Crippen LogP contribution < -0.4 is 5.46 Å². The van der Waals surface area contributed by atoms with Gasteiger partial charge in [0.2, 0.25) is 0 Å². The van der Waals surface area contributed by atoms with Gasteiger partial charge in [-0.1, -0.05) is 12.1 Å². The summed E-state index contributed by atoms with van der Waals surface area (Å²) in [6.45, 7) is 10.4. The van der Waals surface area contributed by atoms with Crippen molar-refractivity contribution < 1.29 is 9.31 Å². The number of nitrogens with zero attached hydrogens (tertiary/aromatic N) is 3. The van der Waals surface area contributed by atoms with Crippen LogP contribution in [0, 0.1) is 0 Å². The number of likely N-dealkylation sites (N-methyl/N-ethyl adjacent to an activating group) is 1. The van der Waals surface area contributed by atoms with Crippen molar-refractivity contribution in [2.45, 2.75) is 70.4 Å². The van der Waals surface area contributed by atoms with Gasteiger partial charge in [0.15, 0.2) is 0 Å². The molecule has 0 atom stereocenters. The Bertz CT molecular complexity index is 853. The van der Waals surface area contributed by atoms with Crippen molar-refractivity contribution in [2.24, 2.45) is 0 Å². The van der Waals surface area contributed by atoms with Gasteiger partial charge in [0.25, 0.3) is 0 Å². The Hall–Kier alpha value is -1.37. The molecule has 3 aliphatic rings. The maximum Gasteiger partial charge on any atom is 0.494 e. The van der Waals surface area contributed by atoms with Crippen LogP contribution in [0.1, 0.15) is 46.2 Å². The molecule has 132 valence electrons. The van der Waals surface area contributed by atoms with E-state index in [1.165, 1.54) is 23.9 Å². The highest BCUT2D eigenvalue weighted by molar-refractivity contribution is 6.62. The number of rotatable bonds is 1. The van der Waals surface area contributed by atoms with E-state index in [2.05, 4.69) is 62.5 Å². The van der Waals surface area contributed by atoms with Gasteiger partial charge in [0.05, 0.1) is 29.0 Å². The lowest BCUT2D eigenvalue weighted by molar-refractivity contribution is 0.00578. The summed E-state index contributed by atoms with van der Waals surface area (Å²) in [5.74, 6) is 0. The van der Waals surface area contributed by atoms with Crippen LogP contribution in [0.2, 0.25) is 0 Å². The predicted molar refractivity (Wildman–Crippen MR) is 98.9 cm³/mol. The third-order valence-electron chi connectivity index (χ3n) is 6.86. The van der Waals surface area contributed by atoms with Gasteiger partial charge in [-0.3, -0.25) is 9.58 Å². The zero-order chi connectivity index (χ0) is 17.6. The first-order valence-electron chi connectivity index (χ1n) is 9.27. The van der Waals surface area contributed by atoms with Crippen molar-refractivity contribution in [2.75, 3.05) is 7.05 Å². The lowest BCUT2D eigenvalue weighted by Crippen LogP contribution is -2.42. The molecule has 1 saturated carbocycles. The van der Waals surface area contributed by atoms with Crippen LogP contribution in [0.5, 0.6) is 0 Å². The minimum Gasteiger partial charge on any atom is -0.399 e. The van der Waals surface area contributed by atoms with E-state index in [1.807, 2.05) is 0 Å². The van der Waals surface area contributed by atoms with Crippen molar-refractivity contribution in [3.8, 4) is 0 Å². The molecule has 0 N–H and O–H groups in total. The summed E-state index contributed by atoms with van der Waals surface area (Å²) >= 11 is 0. The Morgan fingerprint density at radius 1 is 1.08 bits per heavy atom. The summed E-state index contributed by atoms with van der Waals surface area (Å²) in [6.07, 6.45) is 2.58. The van der Waals surface area contributed by atoms with Crippen LogP contribution in [-0.2, 0) is 22.4 Å². The third-order valence-corrected chi connectivity index (χ3v) is 6.86. The van der Waals surface area contributed by atoms with Crippen molar-refractivity contribution >= 4 is 23.5 Å². The maximum atomic E-state index is 6.22. The van der Waals surface area contributed by atoms with Gasteiger partial charge in [-0.05, 0) is 59.1 Å². The first-order valence-corrected chi connectivity index (χ1v) is 9.27. The topological polar surface area (TPSA) is 39.5 Å². The van der Waals surface area contributed by atoms with Crippen molar-refractivity contribution in [3.63, 3.8) is 0 Å². The summed E-state index contributed by atoms with van der Waals surface area (Å²) < 4.78 is 14.7. The highest BCUT2D eigenvalue weighted by Crippen LogP contribution is 2.46. The van der Waals surface area contributed by atoms with Crippen molar-refractivity contribution in [1.29, 1.82) is 0 Å². The van der Waals surface area contributed by atoms with Crippen LogP contribution in [-0.4, -0.2) is 45.6 Å². The van der Waals surface area contributed by atoms with Gasteiger partial charge < -0.3 is 9.31 Å². The molecule has 0 bridgehead atoms. The SMILES string of the molecule is CN1Cc2c3cc(B4OC(C)(C)C(C)(C)O4)ccc3nn2CC12CC2. The average molecular weight is 339 g/mol. The second-order valence-corrected chi connectivity index (χ2v) is 9.05. The largest absolute Gasteiger partial charge is 0.494 e. The molecule has 6 heteroatoms. The molecule has 5 nitrogen and oxygen atoms in total. The zero-order valence-corrected chi connectivity index (χ0v) is 15.8. The summed E-state index contributed by atoms with van der Waals surface area (Å²) in [5.41, 5.74) is 3.20. The van der Waals surface area contributed by atoms with Crippen LogP contribution >= 0.6 is 0 Å². The molecule has 0 amide bonds. The molecule has 1 aromatic carbocycles. The zero-order valence-electron chi connectivity index (χ0n) is 15.8. The summed E-state index contributed by atoms with van der Waals surface area (Å²) in [4.78, 5) is 2.50. The van der Waals surface area contributed by atoms with Gasteiger partial charge in [-0.2, -0.15) is 5.10 Å². The number of aromatic nitrogens is 2. The number of benzene rings is 1. The first kappa shape index (κ1) is 15.9. The highest BCUT2D eigenvalue weighted by Gasteiger charge is 2.52. The average Bonchev–Trinajstić information content (AvgIpc) is 3.16. The molecule has 2 aromatic rings. The molecular formula is C19H26BN3O2. The molecule has 2 fully saturated rings. The Kier molecular flexibility index (Phi) is 2.96. The van der Waals surface area contributed by atoms with E-state index >= 15 is 0 Å². The molecule has 5 rings (SSSR count). The molecule has 2 aliphatic heterocycles. The fourth-order valence-corrected chi connectivity index (χ4v) is 4.10. The van der Waals surface area contributed by atoms with Gasteiger partial charge in [0, 0.05) is 17.5 Å². The monoisotopic (exact) mass is 339 g/mol. The second-order valence-electron chi connectivity index (χ2n) is 9.05. The molecule has 0 unspecified atom stereocenters. The molecule has 1 spiro atoms. The molecule has 3 heterocycles. The Labute approximate surface area is 149 Å². The van der Waals surface area contributed by atoms with Gasteiger partial charge in [-0.25, -0.2) is 0 Å². The van der Waals surface area contributed by atoms with Gasteiger partial charge >= 0.3 is 7.12 Å². The summed E-state index contributed by atoms with van der Waals surface area (Å²) in [7, 11) is 1.92. The van der Waals surface area contributed by atoms with Crippen molar-refractivity contribution in [1.82, 2.24) is 14.7 Å². The standard InChI is InChI=1S/C19H26BN3O2/c1-17(2)18(3,4)25-20(24-17)13-6-7-15-14(10-13)16-11-22(5)19(8-9-19)12-23(16)21-15/h6-7,10H,8-9,11-12H2,1-5H3. The molecule has 1 saturated heterocycles. The van der Waals surface area contributed by atoms with E-state index in [4.69, 9.17) is 14.4 Å². The van der Waals surface area contributed by atoms with E-state index in [-0.39, 0.29) is 18.3 Å². The number of hydrogen-bond donors (Lipinski definition) is 0. The molecule has 0 radical (unpaired) electrons. The fourth-order valence-electron chi connectivity index (χ4n) is 4.10. The number of hydrogen-bond acceptors (Lipinski definition) is 4. The van der Waals surface area contributed by atoms with Crippen LogP contribution in [0.25, 0.3) is 10.9 Å². The van der Waals surface area contributed by atoms with E-state index in [0.29, 0.717) is 5.54 Å². The minimum atomic E-state index is -0.318. The van der Waals surface area contributed by atoms with E-state index in [0.717, 1.165) is 24.1 Å². The van der Waals surface area contributed by atoms with Gasteiger partial charge in [-0.15, -0.1) is 0 Å². The Balaban J connectivity index is 1.54. The Morgan fingerprint density at radius 2 is 1.76 bits per heavy atom. The normalized spacial score (nSPS) is 26.4. The van der Waals surface area contributed by atoms with E-state index < -0.39 is 0 Å². The summed E-state index contributed by atoms with van der Waals surface area (Å²) in [5, 5.41) is 6.09. The highest BCUT2D eigenvalue weighted by atomic mass is 16.7. The molecule has 1 aromatic heterocycles. The third kappa shape index (κ3) is 2.17. The Morgan fingerprint density at radius 3 is 2.40 bits per heavy atom. The predicted octanol–water partition coefficient (Wildman–Crippen LogP) is 2.31. The van der Waals surface area contributed by atoms with Crippen LogP contribution in [0.3, 0.4) is 0 Å². The van der Waals surface area contributed by atoms with Crippen LogP contribution in [0.4, 0.5) is 0 Å². The quantitative estimate of drug-likeness (QED) is 0.748. The van der Waals surface area contributed by atoms with E-state index in [9.17, 15) is 0 Å². The molecule has 1 aliphatic carbocycles. The summed E-state index contributed by atoms with van der Waals surface area (Å²) in [6, 6.07) is 6.43. The van der Waals surface area contributed by atoms with Crippen molar-refractivity contribution in [3.05, 3.63) is 23.9 Å². The van der Waals surface area contributed by atoms with Gasteiger partial charge in [0.1, 0.15) is 0 Å². The second kappa shape index (κ2) is 4.67. The minimum absolute atomic E-state index is 0.316. The smallest absolute Gasteiger partial charge is 0.399 e. The fraction of sp³-hybridized carbons (Fsp3) is 0.632. The number of fused-ring (bicyclic) bond motifs is 3. The molecular weight excluding hydrogens is 313 g/mol. The maximum absolute atomic E-state index is 6.22. The van der Waals surface area contributed by atoms with E-state index in [1.54, 1.807) is 0 Å². The lowest BCUT2D eigenvalue weighted by Gasteiger charge is -2.33. The molecule has 25 heavy (non-hydrogen) atoms.